The maximum Gasteiger partial charge on any atom is 0.0107 e. The summed E-state index contributed by atoms with van der Waals surface area (Å²) in [4.78, 5) is 0. The van der Waals surface area contributed by atoms with Crippen molar-refractivity contribution < 1.29 is 0 Å². The topological polar surface area (TPSA) is 26.0 Å². The highest BCUT2D eigenvalue weighted by Gasteiger charge is 2.18. The van der Waals surface area contributed by atoms with E-state index in [2.05, 4.69) is 73.8 Å². The van der Waals surface area contributed by atoms with Gasteiger partial charge in [-0.2, -0.15) is 0 Å². The van der Waals surface area contributed by atoms with Crippen molar-refractivity contribution in [1.82, 2.24) is 0 Å². The van der Waals surface area contributed by atoms with E-state index in [-0.39, 0.29) is 0 Å². The molecule has 0 aromatic carbocycles. The van der Waals surface area contributed by atoms with Gasteiger partial charge in [0.2, 0.25) is 0 Å². The minimum Gasteiger partial charge on any atom is -0.327 e. The number of hydrogen-bond acceptors (Lipinski definition) is 1. The third kappa shape index (κ3) is 4.11. The lowest BCUT2D eigenvalue weighted by Crippen LogP contribution is -2.09. The fraction of sp³-hybridized carbons (Fsp3) is 0.364. The molecule has 2 N–H and O–H groups in total. The lowest BCUT2D eigenvalue weighted by atomic mass is 9.81. The molecule has 3 atom stereocenters. The molecule has 1 nitrogen and oxygen atoms in total. The van der Waals surface area contributed by atoms with Crippen LogP contribution in [0.15, 0.2) is 83.6 Å². The summed E-state index contributed by atoms with van der Waals surface area (Å²) in [7, 11) is 0. The summed E-state index contributed by atoms with van der Waals surface area (Å²) < 4.78 is 0. The highest BCUT2D eigenvalue weighted by molar-refractivity contribution is 5.50. The zero-order valence-corrected chi connectivity index (χ0v) is 14.0. The largest absolute Gasteiger partial charge is 0.327 e. The summed E-state index contributed by atoms with van der Waals surface area (Å²) in [6, 6.07) is 0. The molecule has 0 radical (unpaired) electrons. The molecule has 0 heterocycles. The van der Waals surface area contributed by atoms with Crippen molar-refractivity contribution in [3.05, 3.63) is 83.6 Å². The van der Waals surface area contributed by atoms with Crippen LogP contribution in [0.25, 0.3) is 0 Å². The lowest BCUT2D eigenvalue weighted by Gasteiger charge is -2.24. The van der Waals surface area contributed by atoms with Crippen molar-refractivity contribution in [1.29, 1.82) is 0 Å². The van der Waals surface area contributed by atoms with Gasteiger partial charge in [0.05, 0.1) is 0 Å². The molecule has 1 heteroatoms. The van der Waals surface area contributed by atoms with Crippen LogP contribution in [0.5, 0.6) is 0 Å². The third-order valence-corrected chi connectivity index (χ3v) is 4.84. The first-order chi connectivity index (χ1) is 11.3. The zero-order valence-electron chi connectivity index (χ0n) is 14.0. The van der Waals surface area contributed by atoms with Gasteiger partial charge in [-0.15, -0.1) is 0 Å². The molecule has 0 saturated heterocycles. The zero-order chi connectivity index (χ0) is 16.1. The molecule has 0 bridgehead atoms. The van der Waals surface area contributed by atoms with Crippen LogP contribution in [0, 0.1) is 17.8 Å². The van der Waals surface area contributed by atoms with Crippen molar-refractivity contribution >= 4 is 0 Å². The molecule has 3 aliphatic rings. The Kier molecular flexibility index (Phi) is 5.30. The van der Waals surface area contributed by atoms with Gasteiger partial charge in [0, 0.05) is 12.5 Å². The molecular formula is C22H27N. The second kappa shape index (κ2) is 7.61. The normalized spacial score (nSPS) is 30.3. The van der Waals surface area contributed by atoms with Crippen LogP contribution in [-0.2, 0) is 0 Å². The molecule has 0 saturated carbocycles. The fourth-order valence-corrected chi connectivity index (χ4v) is 3.55. The molecule has 0 aromatic rings. The van der Waals surface area contributed by atoms with Gasteiger partial charge in [-0.1, -0.05) is 79.3 Å². The Morgan fingerprint density at radius 2 is 2.09 bits per heavy atom. The van der Waals surface area contributed by atoms with Gasteiger partial charge in [-0.3, -0.25) is 0 Å². The van der Waals surface area contributed by atoms with Crippen LogP contribution in [0.3, 0.4) is 0 Å². The standard InChI is InChI=1S/C22H27N/c1-17-5-2-8-21(15-17)19-10-12-20(13-11-19)22-9-3-6-18(16-22)7-4-14-23/h2-5,7-10,12-13,16-19H,6,11,14-15,23H2,1H3/b7-4+/t17?,18-,19?/m0/s1. The average Bonchev–Trinajstić information content (AvgIpc) is 2.60. The maximum atomic E-state index is 5.56. The van der Waals surface area contributed by atoms with Crippen molar-refractivity contribution in [2.75, 3.05) is 6.54 Å². The molecule has 0 fully saturated rings. The second-order valence-electron chi connectivity index (χ2n) is 6.76. The van der Waals surface area contributed by atoms with Gasteiger partial charge in [-0.05, 0) is 42.2 Å². The Morgan fingerprint density at radius 1 is 1.17 bits per heavy atom. The first-order valence-corrected chi connectivity index (χ1v) is 8.77. The molecule has 3 aliphatic carbocycles. The van der Waals surface area contributed by atoms with E-state index in [1.807, 2.05) is 0 Å². The van der Waals surface area contributed by atoms with Gasteiger partial charge in [0.25, 0.3) is 0 Å². The predicted octanol–water partition coefficient (Wildman–Crippen LogP) is 5.03. The minimum absolute atomic E-state index is 0.484. The number of allylic oxidation sites excluding steroid dienone is 13. The quantitative estimate of drug-likeness (QED) is 0.724. The van der Waals surface area contributed by atoms with Crippen molar-refractivity contribution in [3.8, 4) is 0 Å². The van der Waals surface area contributed by atoms with Gasteiger partial charge in [0.1, 0.15) is 0 Å². The van der Waals surface area contributed by atoms with Gasteiger partial charge >= 0.3 is 0 Å². The summed E-state index contributed by atoms with van der Waals surface area (Å²) in [6.07, 6.45) is 28.5. The Bertz CT molecular complexity index is 637. The average molecular weight is 305 g/mol. The van der Waals surface area contributed by atoms with Crippen LogP contribution in [0.1, 0.15) is 26.2 Å². The van der Waals surface area contributed by atoms with Gasteiger partial charge < -0.3 is 5.73 Å². The molecular weight excluding hydrogens is 278 g/mol. The maximum absolute atomic E-state index is 5.56. The van der Waals surface area contributed by atoms with E-state index < -0.39 is 0 Å². The van der Waals surface area contributed by atoms with E-state index in [0.29, 0.717) is 24.3 Å². The van der Waals surface area contributed by atoms with Gasteiger partial charge in [0.15, 0.2) is 0 Å². The molecule has 0 amide bonds. The molecule has 0 aromatic heterocycles. The molecule has 0 spiro atoms. The monoisotopic (exact) mass is 305 g/mol. The van der Waals surface area contributed by atoms with E-state index >= 15 is 0 Å². The van der Waals surface area contributed by atoms with Gasteiger partial charge in [-0.25, -0.2) is 0 Å². The summed E-state index contributed by atoms with van der Waals surface area (Å²) in [5.74, 6) is 1.73. The Labute approximate surface area is 140 Å². The highest BCUT2D eigenvalue weighted by Crippen LogP contribution is 2.33. The molecule has 3 rings (SSSR count). The predicted molar refractivity (Wildman–Crippen MR) is 99.9 cm³/mol. The SMILES string of the molecule is CC1C=CC=C(C2C=CC(C3=C[C@H](/C=C/CN)CC=C3)=CC2)C1. The first kappa shape index (κ1) is 16.0. The van der Waals surface area contributed by atoms with Crippen molar-refractivity contribution in [2.24, 2.45) is 23.5 Å². The molecule has 23 heavy (non-hydrogen) atoms. The van der Waals surface area contributed by atoms with Crippen LogP contribution >= 0.6 is 0 Å². The van der Waals surface area contributed by atoms with E-state index in [4.69, 9.17) is 5.73 Å². The number of rotatable bonds is 4. The molecule has 0 aliphatic heterocycles. The van der Waals surface area contributed by atoms with E-state index in [1.165, 1.54) is 17.6 Å². The smallest absolute Gasteiger partial charge is 0.0107 e. The van der Waals surface area contributed by atoms with Crippen LogP contribution in [0.2, 0.25) is 0 Å². The Morgan fingerprint density at radius 3 is 2.83 bits per heavy atom. The minimum atomic E-state index is 0.484. The summed E-state index contributed by atoms with van der Waals surface area (Å²) in [5.41, 5.74) is 9.85. The van der Waals surface area contributed by atoms with Crippen LogP contribution in [0.4, 0.5) is 0 Å². The lowest BCUT2D eigenvalue weighted by molar-refractivity contribution is 0.625. The number of nitrogens with two attached hydrogens (primary N) is 1. The van der Waals surface area contributed by atoms with E-state index in [1.54, 1.807) is 5.57 Å². The van der Waals surface area contributed by atoms with Crippen molar-refractivity contribution in [3.63, 3.8) is 0 Å². The van der Waals surface area contributed by atoms with Crippen LogP contribution < -0.4 is 5.73 Å². The third-order valence-electron chi connectivity index (χ3n) is 4.84. The summed E-state index contributed by atoms with van der Waals surface area (Å²) >= 11 is 0. The van der Waals surface area contributed by atoms with Crippen molar-refractivity contribution in [2.45, 2.75) is 26.2 Å². The van der Waals surface area contributed by atoms with Crippen LogP contribution in [-0.4, -0.2) is 6.54 Å². The molecule has 2 unspecified atom stereocenters. The van der Waals surface area contributed by atoms with E-state index in [9.17, 15) is 0 Å². The Balaban J connectivity index is 1.67. The summed E-state index contributed by atoms with van der Waals surface area (Å²) in [6.45, 7) is 2.92. The Hall–Kier alpha value is -1.86. The molecule has 120 valence electrons. The summed E-state index contributed by atoms with van der Waals surface area (Å²) in [5, 5.41) is 0. The fourth-order valence-electron chi connectivity index (χ4n) is 3.55. The highest BCUT2D eigenvalue weighted by atomic mass is 14.5. The number of hydrogen-bond donors (Lipinski definition) is 1. The first-order valence-electron chi connectivity index (χ1n) is 8.77. The van der Waals surface area contributed by atoms with E-state index in [0.717, 1.165) is 12.8 Å². The second-order valence-corrected chi connectivity index (χ2v) is 6.76.